The van der Waals surface area contributed by atoms with Gasteiger partial charge in [0.05, 0.1) is 28.8 Å². The molecule has 0 N–H and O–H groups in total. The van der Waals surface area contributed by atoms with Crippen molar-refractivity contribution in [1.29, 1.82) is 0 Å². The highest BCUT2D eigenvalue weighted by Gasteiger charge is 2.44. The van der Waals surface area contributed by atoms with Gasteiger partial charge in [-0.15, -0.1) is 0 Å². The lowest BCUT2D eigenvalue weighted by molar-refractivity contribution is -0.185. The molecule has 0 bridgehead atoms. The van der Waals surface area contributed by atoms with Crippen LogP contribution in [0.5, 0.6) is 11.6 Å². The molecule has 1 aromatic heterocycles. The van der Waals surface area contributed by atoms with Crippen LogP contribution in [0.15, 0.2) is 36.0 Å². The zero-order valence-corrected chi connectivity index (χ0v) is 21.0. The molecule has 1 aromatic carbocycles. The molecule has 0 unspecified atom stereocenters. The van der Waals surface area contributed by atoms with Crippen molar-refractivity contribution in [3.05, 3.63) is 57.2 Å². The number of ether oxygens (including phenoxy) is 3. The number of carbonyl (C=O) groups is 2. The van der Waals surface area contributed by atoms with Crippen LogP contribution in [0.2, 0.25) is 10.0 Å². The maximum Gasteiger partial charge on any atom is 0.471 e. The van der Waals surface area contributed by atoms with Crippen LogP contribution in [0.25, 0.3) is 5.57 Å². The third-order valence-corrected chi connectivity index (χ3v) is 5.77. The zero-order chi connectivity index (χ0) is 26.5. The molecule has 12 heteroatoms. The van der Waals surface area contributed by atoms with E-state index in [0.29, 0.717) is 31.8 Å². The van der Waals surface area contributed by atoms with Gasteiger partial charge >= 0.3 is 18.1 Å². The Labute approximate surface area is 215 Å². The van der Waals surface area contributed by atoms with Crippen molar-refractivity contribution in [3.8, 4) is 11.6 Å². The molecule has 0 radical (unpaired) electrons. The van der Waals surface area contributed by atoms with Gasteiger partial charge in [-0.3, -0.25) is 4.79 Å². The first-order valence-corrected chi connectivity index (χ1v) is 11.7. The molecular formula is C24H23Cl2F3N2O5. The molecule has 3 rings (SSSR count). The summed E-state index contributed by atoms with van der Waals surface area (Å²) in [6.07, 6.45) is -3.55. The second-order valence-electron chi connectivity index (χ2n) is 7.79. The van der Waals surface area contributed by atoms with Gasteiger partial charge in [-0.05, 0) is 55.2 Å². The van der Waals surface area contributed by atoms with Crippen LogP contribution in [-0.2, 0) is 14.3 Å². The predicted octanol–water partition coefficient (Wildman–Crippen LogP) is 5.27. The van der Waals surface area contributed by atoms with Gasteiger partial charge in [0, 0.05) is 18.8 Å². The lowest BCUT2D eigenvalue weighted by atomic mass is 9.94. The summed E-state index contributed by atoms with van der Waals surface area (Å²) in [7, 11) is 0. The smallest absolute Gasteiger partial charge is 0.471 e. The molecule has 2 aromatic rings. The molecule has 194 valence electrons. The Bertz CT molecular complexity index is 1130. The Morgan fingerprint density at radius 3 is 2.36 bits per heavy atom. The Kier molecular flexibility index (Phi) is 9.08. The van der Waals surface area contributed by atoms with Crippen molar-refractivity contribution >= 4 is 40.7 Å². The fourth-order valence-corrected chi connectivity index (χ4v) is 4.30. The Morgan fingerprint density at radius 2 is 1.78 bits per heavy atom. The van der Waals surface area contributed by atoms with Gasteiger partial charge in [0.2, 0.25) is 5.88 Å². The summed E-state index contributed by atoms with van der Waals surface area (Å²) in [6, 6.07) is 6.65. The number of amides is 1. The van der Waals surface area contributed by atoms with Crippen molar-refractivity contribution in [2.75, 3.05) is 32.9 Å². The normalized spacial score (nSPS) is 14.0. The summed E-state index contributed by atoms with van der Waals surface area (Å²) < 4.78 is 54.8. The second-order valence-corrected chi connectivity index (χ2v) is 8.61. The highest BCUT2D eigenvalue weighted by Crippen LogP contribution is 2.34. The van der Waals surface area contributed by atoms with E-state index in [-0.39, 0.29) is 44.2 Å². The quantitative estimate of drug-likeness (QED) is 0.331. The van der Waals surface area contributed by atoms with Gasteiger partial charge in [-0.1, -0.05) is 23.2 Å². The first-order chi connectivity index (χ1) is 17.0. The summed E-state index contributed by atoms with van der Waals surface area (Å²) in [6.45, 7) is 3.05. The summed E-state index contributed by atoms with van der Waals surface area (Å²) in [5.41, 5.74) is 1.86. The number of aromatic nitrogens is 1. The number of benzene rings is 1. The van der Waals surface area contributed by atoms with E-state index in [1.165, 1.54) is 6.20 Å². The van der Waals surface area contributed by atoms with Gasteiger partial charge < -0.3 is 19.1 Å². The van der Waals surface area contributed by atoms with Gasteiger partial charge in [-0.25, -0.2) is 9.78 Å². The third kappa shape index (κ3) is 6.82. The topological polar surface area (TPSA) is 78.0 Å². The lowest BCUT2D eigenvalue weighted by Gasteiger charge is -2.30. The Balaban J connectivity index is 1.68. The molecule has 0 atom stereocenters. The van der Waals surface area contributed by atoms with Gasteiger partial charge in [0.25, 0.3) is 0 Å². The molecule has 1 aliphatic rings. The summed E-state index contributed by atoms with van der Waals surface area (Å²) >= 11 is 12.3. The van der Waals surface area contributed by atoms with Gasteiger partial charge in [0.15, 0.2) is 5.75 Å². The van der Waals surface area contributed by atoms with Crippen LogP contribution in [0.1, 0.15) is 24.5 Å². The highest BCUT2D eigenvalue weighted by molar-refractivity contribution is 6.37. The maximum absolute atomic E-state index is 12.9. The minimum absolute atomic E-state index is 0.0172. The molecule has 0 saturated carbocycles. The summed E-state index contributed by atoms with van der Waals surface area (Å²) in [5, 5.41) is 0.771. The van der Waals surface area contributed by atoms with Crippen molar-refractivity contribution in [2.24, 2.45) is 0 Å². The number of carbonyl (C=O) groups excluding carboxylic acids is 2. The van der Waals surface area contributed by atoms with Crippen molar-refractivity contribution < 1.29 is 37.0 Å². The number of nitrogens with zero attached hydrogens (tertiary/aromatic N) is 2. The number of hydrogen-bond donors (Lipinski definition) is 0. The first kappa shape index (κ1) is 27.6. The van der Waals surface area contributed by atoms with Crippen molar-refractivity contribution in [1.82, 2.24) is 9.88 Å². The van der Waals surface area contributed by atoms with E-state index in [9.17, 15) is 22.8 Å². The molecule has 36 heavy (non-hydrogen) atoms. The number of pyridine rings is 1. The van der Waals surface area contributed by atoms with E-state index in [2.05, 4.69) is 4.98 Å². The largest absolute Gasteiger partial charge is 0.487 e. The lowest BCUT2D eigenvalue weighted by Crippen LogP contribution is -2.45. The van der Waals surface area contributed by atoms with Crippen LogP contribution in [0.4, 0.5) is 13.2 Å². The number of esters is 1. The summed E-state index contributed by atoms with van der Waals surface area (Å²) in [5.74, 6) is -2.16. The van der Waals surface area contributed by atoms with E-state index in [4.69, 9.17) is 37.4 Å². The third-order valence-electron chi connectivity index (χ3n) is 5.20. The average molecular weight is 547 g/mol. The van der Waals surface area contributed by atoms with Crippen LogP contribution >= 0.6 is 23.2 Å². The fraction of sp³-hybridized carbons (Fsp3) is 0.375. The maximum atomic E-state index is 12.9. The number of halogens is 5. The van der Waals surface area contributed by atoms with Gasteiger partial charge in [0.1, 0.15) is 13.2 Å². The second kappa shape index (κ2) is 11.8. The zero-order valence-electron chi connectivity index (χ0n) is 19.5. The Hall–Kier alpha value is -2.98. The molecule has 0 saturated heterocycles. The molecule has 0 fully saturated rings. The van der Waals surface area contributed by atoms with Crippen LogP contribution in [-0.4, -0.2) is 60.8 Å². The minimum atomic E-state index is -5.03. The van der Waals surface area contributed by atoms with Gasteiger partial charge in [-0.2, -0.15) is 13.2 Å². The number of aryl methyl sites for hydroxylation is 1. The standard InChI is InChI=1S/C24H23Cl2F3N2O5/c1-3-34-22(32)17-13-31(23(33)24(27,28)29)7-6-16(17)15-4-5-20(30-12-15)35-8-9-36-21-18(25)10-14(2)11-19(21)26/h4-5,10-12H,3,6-9,13H2,1-2H3. The van der Waals surface area contributed by atoms with E-state index >= 15 is 0 Å². The van der Waals surface area contributed by atoms with Crippen LogP contribution < -0.4 is 9.47 Å². The fourth-order valence-electron chi connectivity index (χ4n) is 3.60. The van der Waals surface area contributed by atoms with Crippen molar-refractivity contribution in [2.45, 2.75) is 26.4 Å². The van der Waals surface area contributed by atoms with E-state index in [1.54, 1.807) is 31.2 Å². The first-order valence-electron chi connectivity index (χ1n) is 10.9. The number of rotatable bonds is 8. The van der Waals surface area contributed by atoms with Crippen LogP contribution in [0, 0.1) is 6.92 Å². The average Bonchev–Trinajstić information content (AvgIpc) is 2.82. The van der Waals surface area contributed by atoms with Crippen LogP contribution in [0.3, 0.4) is 0 Å². The number of hydrogen-bond acceptors (Lipinski definition) is 6. The predicted molar refractivity (Wildman–Crippen MR) is 127 cm³/mol. The van der Waals surface area contributed by atoms with Crippen molar-refractivity contribution in [3.63, 3.8) is 0 Å². The summed E-state index contributed by atoms with van der Waals surface area (Å²) in [4.78, 5) is 28.9. The SMILES string of the molecule is CCOC(=O)C1=C(c2ccc(OCCOc3c(Cl)cc(C)cc3Cl)nc2)CCN(C(=O)C(F)(F)F)C1. The molecular weight excluding hydrogens is 524 g/mol. The number of alkyl halides is 3. The molecule has 0 spiro atoms. The highest BCUT2D eigenvalue weighted by atomic mass is 35.5. The van der Waals surface area contributed by atoms with E-state index in [1.807, 2.05) is 6.92 Å². The monoisotopic (exact) mass is 546 g/mol. The Morgan fingerprint density at radius 1 is 1.11 bits per heavy atom. The molecule has 7 nitrogen and oxygen atoms in total. The molecule has 1 aliphatic heterocycles. The minimum Gasteiger partial charge on any atom is -0.487 e. The molecule has 2 heterocycles. The molecule has 0 aliphatic carbocycles. The van der Waals surface area contributed by atoms with E-state index in [0.717, 1.165) is 5.56 Å². The molecule has 1 amide bonds. The van der Waals surface area contributed by atoms with E-state index < -0.39 is 24.6 Å².